The van der Waals surface area contributed by atoms with Crippen molar-refractivity contribution in [2.45, 2.75) is 45.3 Å². The van der Waals surface area contributed by atoms with Gasteiger partial charge in [0.1, 0.15) is 12.6 Å². The van der Waals surface area contributed by atoms with Gasteiger partial charge in [0.2, 0.25) is 12.3 Å². The largest absolute Gasteiger partial charge is 0.459 e. The standard InChI is InChI=1S/C24H30N2O5/c1-2-3-14-21(16-26(30)18-27)23(28)25-22(15-19-10-6-4-7-11-19)24(29)31-17-20-12-8-5-9-13-20/h4-13,18,21-22,30H,2-3,14-17H2,1H3,(H,25,28)/t21?,22-/m0/s1. The number of hydrogen-bond donors (Lipinski definition) is 2. The third kappa shape index (κ3) is 8.60. The van der Waals surface area contributed by atoms with Gasteiger partial charge in [-0.2, -0.15) is 0 Å². The lowest BCUT2D eigenvalue weighted by molar-refractivity contribution is -0.156. The first-order valence-corrected chi connectivity index (χ1v) is 10.5. The number of hydroxylamine groups is 2. The molecule has 2 amide bonds. The Bertz CT molecular complexity index is 813. The Morgan fingerprint density at radius 3 is 2.26 bits per heavy atom. The number of ether oxygens (including phenoxy) is 1. The smallest absolute Gasteiger partial charge is 0.329 e. The van der Waals surface area contributed by atoms with Gasteiger partial charge >= 0.3 is 5.97 Å². The molecule has 2 atom stereocenters. The van der Waals surface area contributed by atoms with Crippen LogP contribution < -0.4 is 5.32 Å². The van der Waals surface area contributed by atoms with E-state index in [4.69, 9.17) is 4.74 Å². The molecule has 0 saturated carbocycles. The summed E-state index contributed by atoms with van der Waals surface area (Å²) in [6.45, 7) is 1.96. The van der Waals surface area contributed by atoms with Gasteiger partial charge in [-0.1, -0.05) is 80.4 Å². The Hall–Kier alpha value is -3.19. The molecule has 2 aromatic carbocycles. The van der Waals surface area contributed by atoms with Crippen LogP contribution in [0.5, 0.6) is 0 Å². The quantitative estimate of drug-likeness (QED) is 0.222. The van der Waals surface area contributed by atoms with Gasteiger partial charge in [0.15, 0.2) is 0 Å². The summed E-state index contributed by atoms with van der Waals surface area (Å²) >= 11 is 0. The maximum atomic E-state index is 12.9. The van der Waals surface area contributed by atoms with Crippen molar-refractivity contribution < 1.29 is 24.3 Å². The Labute approximate surface area is 183 Å². The van der Waals surface area contributed by atoms with Crippen molar-refractivity contribution in [3.63, 3.8) is 0 Å². The molecular formula is C24H30N2O5. The molecule has 0 saturated heterocycles. The number of esters is 1. The van der Waals surface area contributed by atoms with Gasteiger partial charge in [-0.25, -0.2) is 9.86 Å². The van der Waals surface area contributed by atoms with E-state index in [0.29, 0.717) is 11.5 Å². The topological polar surface area (TPSA) is 95.9 Å². The molecule has 0 bridgehead atoms. The summed E-state index contributed by atoms with van der Waals surface area (Å²) in [5.41, 5.74) is 1.73. The van der Waals surface area contributed by atoms with Crippen LogP contribution in [0.1, 0.15) is 37.3 Å². The van der Waals surface area contributed by atoms with E-state index >= 15 is 0 Å². The summed E-state index contributed by atoms with van der Waals surface area (Å²) in [5.74, 6) is -1.56. The molecule has 166 valence electrons. The number of hydrogen-bond acceptors (Lipinski definition) is 5. The van der Waals surface area contributed by atoms with Crippen LogP contribution in [0.4, 0.5) is 0 Å². The first-order chi connectivity index (χ1) is 15.0. The second-order valence-electron chi connectivity index (χ2n) is 7.41. The van der Waals surface area contributed by atoms with Gasteiger partial charge in [-0.05, 0) is 17.5 Å². The summed E-state index contributed by atoms with van der Waals surface area (Å²) in [7, 11) is 0. The molecule has 2 aromatic rings. The molecule has 0 aliphatic rings. The summed E-state index contributed by atoms with van der Waals surface area (Å²) < 4.78 is 5.46. The molecule has 0 aliphatic heterocycles. The second kappa shape index (κ2) is 13.2. The predicted octanol–water partition coefficient (Wildman–Crippen LogP) is 3.11. The maximum Gasteiger partial charge on any atom is 0.329 e. The lowest BCUT2D eigenvalue weighted by Crippen LogP contribution is -2.47. The molecule has 31 heavy (non-hydrogen) atoms. The van der Waals surface area contributed by atoms with Gasteiger partial charge in [-0.15, -0.1) is 0 Å². The Kier molecular flexibility index (Phi) is 10.2. The van der Waals surface area contributed by atoms with Crippen LogP contribution in [-0.2, 0) is 32.1 Å². The molecule has 0 aromatic heterocycles. The van der Waals surface area contributed by atoms with Crippen molar-refractivity contribution in [1.82, 2.24) is 10.4 Å². The van der Waals surface area contributed by atoms with E-state index in [-0.39, 0.29) is 26.0 Å². The first-order valence-electron chi connectivity index (χ1n) is 10.5. The summed E-state index contributed by atoms with van der Waals surface area (Å²) in [6.07, 6.45) is 2.65. The van der Waals surface area contributed by atoms with E-state index < -0.39 is 23.8 Å². The van der Waals surface area contributed by atoms with E-state index in [0.717, 1.165) is 24.0 Å². The normalized spacial score (nSPS) is 12.5. The van der Waals surface area contributed by atoms with Crippen LogP contribution in [0, 0.1) is 5.92 Å². The summed E-state index contributed by atoms with van der Waals surface area (Å²) in [4.78, 5) is 36.5. The zero-order valence-electron chi connectivity index (χ0n) is 17.8. The van der Waals surface area contributed by atoms with Crippen LogP contribution in [0.25, 0.3) is 0 Å². The third-order valence-electron chi connectivity index (χ3n) is 4.91. The molecular weight excluding hydrogens is 396 g/mol. The number of amides is 2. The van der Waals surface area contributed by atoms with E-state index in [1.807, 2.05) is 67.6 Å². The lowest BCUT2D eigenvalue weighted by Gasteiger charge is -2.23. The third-order valence-corrected chi connectivity index (χ3v) is 4.91. The molecule has 0 spiro atoms. The van der Waals surface area contributed by atoms with Crippen LogP contribution in [0.3, 0.4) is 0 Å². The molecule has 0 radical (unpaired) electrons. The molecule has 7 heteroatoms. The van der Waals surface area contributed by atoms with Crippen LogP contribution in [0.15, 0.2) is 60.7 Å². The van der Waals surface area contributed by atoms with Crippen molar-refractivity contribution in [2.24, 2.45) is 5.92 Å². The summed E-state index contributed by atoms with van der Waals surface area (Å²) in [6, 6.07) is 17.8. The Morgan fingerprint density at radius 1 is 1.06 bits per heavy atom. The highest BCUT2D eigenvalue weighted by molar-refractivity contribution is 5.86. The average Bonchev–Trinajstić information content (AvgIpc) is 2.80. The van der Waals surface area contributed by atoms with Crippen molar-refractivity contribution in [1.29, 1.82) is 0 Å². The zero-order chi connectivity index (χ0) is 22.5. The number of carbonyl (C=O) groups is 3. The maximum absolute atomic E-state index is 12.9. The van der Waals surface area contributed by atoms with E-state index in [1.54, 1.807) is 0 Å². The van der Waals surface area contributed by atoms with Crippen molar-refractivity contribution >= 4 is 18.3 Å². The number of benzene rings is 2. The monoisotopic (exact) mass is 426 g/mol. The SMILES string of the molecule is CCCCC(CN(O)C=O)C(=O)N[C@@H](Cc1ccccc1)C(=O)OCc1ccccc1. The van der Waals surface area contributed by atoms with E-state index in [9.17, 15) is 19.6 Å². The van der Waals surface area contributed by atoms with Gasteiger partial charge in [-0.3, -0.25) is 14.8 Å². The molecule has 1 unspecified atom stereocenters. The summed E-state index contributed by atoms with van der Waals surface area (Å²) in [5, 5.41) is 12.8. The molecule has 2 rings (SSSR count). The molecule has 7 nitrogen and oxygen atoms in total. The molecule has 0 aliphatic carbocycles. The van der Waals surface area contributed by atoms with E-state index in [1.165, 1.54) is 0 Å². The fraction of sp³-hybridized carbons (Fsp3) is 0.375. The number of unbranched alkanes of at least 4 members (excludes halogenated alkanes) is 1. The highest BCUT2D eigenvalue weighted by Crippen LogP contribution is 2.13. The van der Waals surface area contributed by atoms with Crippen molar-refractivity contribution in [3.05, 3.63) is 71.8 Å². The minimum Gasteiger partial charge on any atom is -0.459 e. The molecule has 0 heterocycles. The van der Waals surface area contributed by atoms with Crippen LogP contribution in [0.2, 0.25) is 0 Å². The zero-order valence-corrected chi connectivity index (χ0v) is 17.8. The number of rotatable bonds is 13. The number of nitrogens with zero attached hydrogens (tertiary/aromatic N) is 1. The Balaban J connectivity index is 2.10. The van der Waals surface area contributed by atoms with E-state index in [2.05, 4.69) is 5.32 Å². The fourth-order valence-electron chi connectivity index (χ4n) is 3.19. The van der Waals surface area contributed by atoms with Gasteiger partial charge in [0.05, 0.1) is 12.5 Å². The minimum atomic E-state index is -0.883. The number of nitrogens with one attached hydrogen (secondary N) is 1. The Morgan fingerprint density at radius 2 is 1.68 bits per heavy atom. The van der Waals surface area contributed by atoms with Crippen LogP contribution >= 0.6 is 0 Å². The van der Waals surface area contributed by atoms with Gasteiger partial charge in [0, 0.05) is 6.42 Å². The number of carbonyl (C=O) groups excluding carboxylic acids is 3. The second-order valence-corrected chi connectivity index (χ2v) is 7.41. The molecule has 0 fully saturated rings. The highest BCUT2D eigenvalue weighted by atomic mass is 16.5. The highest BCUT2D eigenvalue weighted by Gasteiger charge is 2.28. The first kappa shape index (κ1) is 24.1. The average molecular weight is 427 g/mol. The van der Waals surface area contributed by atoms with Crippen molar-refractivity contribution in [3.8, 4) is 0 Å². The molecule has 2 N–H and O–H groups in total. The minimum absolute atomic E-state index is 0.107. The predicted molar refractivity (Wildman–Crippen MR) is 116 cm³/mol. The van der Waals surface area contributed by atoms with Crippen LogP contribution in [-0.4, -0.2) is 41.1 Å². The van der Waals surface area contributed by atoms with Crippen molar-refractivity contribution in [2.75, 3.05) is 6.54 Å². The lowest BCUT2D eigenvalue weighted by atomic mass is 9.99. The van der Waals surface area contributed by atoms with Gasteiger partial charge in [0.25, 0.3) is 0 Å². The fourth-order valence-corrected chi connectivity index (χ4v) is 3.19. The van der Waals surface area contributed by atoms with Gasteiger partial charge < -0.3 is 10.1 Å².